The summed E-state index contributed by atoms with van der Waals surface area (Å²) < 4.78 is 34.0. The number of carbonyl (C=O) groups excluding carboxylic acids is 3. The average Bonchev–Trinajstić information content (AvgIpc) is 3.92. The molecule has 3 fully saturated rings. The summed E-state index contributed by atoms with van der Waals surface area (Å²) in [6.45, 7) is 16.9. The molecular formula is C55H79N11O9. The highest BCUT2D eigenvalue weighted by Crippen LogP contribution is 2.36. The van der Waals surface area contributed by atoms with Gasteiger partial charge in [0.1, 0.15) is 23.9 Å². The molecule has 8 rings (SSSR count). The fourth-order valence-electron chi connectivity index (χ4n) is 10.1. The smallest absolute Gasteiger partial charge is 0.329 e. The number of imide groups is 1. The van der Waals surface area contributed by atoms with Gasteiger partial charge in [0.05, 0.1) is 68.7 Å². The number of piperidine rings is 1. The first-order valence-corrected chi connectivity index (χ1v) is 27.3. The van der Waals surface area contributed by atoms with Crippen LogP contribution >= 0.6 is 0 Å². The number of nitrogens with two attached hydrogens (primary N) is 1. The molecule has 4 N–H and O–H groups in total. The van der Waals surface area contributed by atoms with Crippen LogP contribution in [0.25, 0.3) is 33.3 Å². The Morgan fingerprint density at radius 3 is 2.16 bits per heavy atom. The van der Waals surface area contributed by atoms with E-state index in [9.17, 15) is 19.2 Å². The number of ether oxygens (including phenoxy) is 5. The minimum absolute atomic E-state index is 0.0316. The molecule has 20 nitrogen and oxygen atoms in total. The van der Waals surface area contributed by atoms with Gasteiger partial charge in [-0.3, -0.25) is 38.6 Å². The van der Waals surface area contributed by atoms with E-state index in [-0.39, 0.29) is 42.1 Å². The lowest BCUT2D eigenvalue weighted by Gasteiger charge is -2.34. The number of fused-ring (bicyclic) bond motifs is 2. The number of nitrogens with zero attached hydrogens (tertiary/aromatic N) is 8. The van der Waals surface area contributed by atoms with E-state index in [0.29, 0.717) is 70.7 Å². The highest BCUT2D eigenvalue weighted by Gasteiger charge is 2.32. The Balaban J connectivity index is 0.671. The molecule has 1 unspecified atom stereocenters. The van der Waals surface area contributed by atoms with E-state index in [1.54, 1.807) is 11.6 Å². The molecule has 3 aliphatic rings. The van der Waals surface area contributed by atoms with Gasteiger partial charge >= 0.3 is 11.7 Å². The monoisotopic (exact) mass is 1040 g/mol. The minimum atomic E-state index is -0.693. The molecule has 5 heterocycles. The average molecular weight is 1040 g/mol. The van der Waals surface area contributed by atoms with Gasteiger partial charge in [0.2, 0.25) is 17.8 Å². The van der Waals surface area contributed by atoms with Crippen LogP contribution in [-0.2, 0) is 58.1 Å². The Morgan fingerprint density at radius 2 is 1.48 bits per heavy atom. The Bertz CT molecular complexity index is 2710. The van der Waals surface area contributed by atoms with Crippen molar-refractivity contribution in [2.24, 2.45) is 18.7 Å². The van der Waals surface area contributed by atoms with Crippen LogP contribution in [0.1, 0.15) is 102 Å². The highest BCUT2D eigenvalue weighted by molar-refractivity contribution is 6.00. The van der Waals surface area contributed by atoms with Crippen molar-refractivity contribution >= 4 is 45.8 Å². The summed E-state index contributed by atoms with van der Waals surface area (Å²) in [5.41, 5.74) is 12.3. The summed E-state index contributed by atoms with van der Waals surface area (Å²) in [5.74, 6) is -0.418. The maximum absolute atomic E-state index is 13.0. The number of carbonyl (C=O) groups is 3. The second-order valence-corrected chi connectivity index (χ2v) is 20.5. The van der Waals surface area contributed by atoms with Crippen molar-refractivity contribution in [2.75, 3.05) is 97.4 Å². The van der Waals surface area contributed by atoms with Gasteiger partial charge in [-0.15, -0.1) is 0 Å². The molecule has 0 bridgehead atoms. The molecule has 2 aromatic carbocycles. The van der Waals surface area contributed by atoms with Crippen molar-refractivity contribution in [1.29, 1.82) is 0 Å². The van der Waals surface area contributed by atoms with Crippen LogP contribution < -0.4 is 22.1 Å². The van der Waals surface area contributed by atoms with Gasteiger partial charge in [-0.05, 0) is 80.5 Å². The molecule has 1 saturated carbocycles. The van der Waals surface area contributed by atoms with Gasteiger partial charge in [-0.2, -0.15) is 10.1 Å². The summed E-state index contributed by atoms with van der Waals surface area (Å²) in [6.07, 6.45) is 9.16. The highest BCUT2D eigenvalue weighted by atomic mass is 16.6. The quantitative estimate of drug-likeness (QED) is 0.0334. The number of amides is 2. The zero-order valence-corrected chi connectivity index (χ0v) is 44.5. The molecule has 1 aliphatic carbocycles. The van der Waals surface area contributed by atoms with Gasteiger partial charge in [0.25, 0.3) is 0 Å². The Labute approximate surface area is 439 Å². The molecule has 0 radical (unpaired) electrons. The third-order valence-electron chi connectivity index (χ3n) is 14.7. The lowest BCUT2D eigenvalue weighted by molar-refractivity contribution is -0.153. The molecule has 0 spiro atoms. The summed E-state index contributed by atoms with van der Waals surface area (Å²) >= 11 is 0. The summed E-state index contributed by atoms with van der Waals surface area (Å²) in [7, 11) is 1.70. The normalized spacial score (nSPS) is 19.3. The third kappa shape index (κ3) is 14.9. The molecule has 2 aliphatic heterocycles. The Morgan fingerprint density at radius 1 is 0.813 bits per heavy atom. The third-order valence-corrected chi connectivity index (χ3v) is 14.7. The van der Waals surface area contributed by atoms with E-state index < -0.39 is 18.0 Å². The van der Waals surface area contributed by atoms with E-state index in [1.807, 2.05) is 38.2 Å². The van der Waals surface area contributed by atoms with Crippen molar-refractivity contribution in [3.8, 4) is 11.3 Å². The van der Waals surface area contributed by atoms with E-state index in [2.05, 4.69) is 61.3 Å². The molecule has 408 valence electrons. The van der Waals surface area contributed by atoms with E-state index in [0.717, 1.165) is 131 Å². The fourth-order valence-corrected chi connectivity index (χ4v) is 10.1. The fraction of sp³-hybridized carbons (Fsp3) is 0.618. The standard InChI is InChI=1S/C55H79N11O9/c1-5-6-21-57-54-58-36-44-50(61-66(51(44)60-54)42-14-16-43(17-15-42)75-53(69)49(56)38(2)3)41-12-9-40(10-13-41)37-64-24-22-63(23-25-64)26-28-72-30-32-74-34-33-73-31-29-71-27-7-8-39-11-18-45-47(35-39)62(4)55(70)65(45)46-19-20-48(67)59-52(46)68/h9-13,18,35-36,38,42-43,46,49H,5-8,14-17,19-34,37,56H2,1-4H3,(H,57,58,60)(H,59,67,68)/t42?,43?,46?,49-/m0/s1. The lowest BCUT2D eigenvalue weighted by atomic mass is 9.93. The van der Waals surface area contributed by atoms with E-state index >= 15 is 0 Å². The van der Waals surface area contributed by atoms with Crippen LogP contribution in [0.5, 0.6) is 0 Å². The number of benzene rings is 2. The zero-order valence-electron chi connectivity index (χ0n) is 44.5. The Kier molecular flexibility index (Phi) is 20.3. The number of nitrogens with one attached hydrogen (secondary N) is 2. The number of rotatable bonds is 28. The summed E-state index contributed by atoms with van der Waals surface area (Å²) in [6, 6.07) is 13.4. The van der Waals surface area contributed by atoms with Gasteiger partial charge < -0.3 is 34.7 Å². The first kappa shape index (κ1) is 55.6. The van der Waals surface area contributed by atoms with Gasteiger partial charge in [-0.25, -0.2) is 14.5 Å². The first-order valence-electron chi connectivity index (χ1n) is 27.3. The van der Waals surface area contributed by atoms with Crippen LogP contribution in [-0.4, -0.2) is 161 Å². The number of unbranched alkanes of at least 4 members (excludes halogenated alkanes) is 1. The van der Waals surface area contributed by atoms with Gasteiger partial charge in [0, 0.05) is 77.6 Å². The Hall–Kier alpha value is -5.61. The van der Waals surface area contributed by atoms with Crippen LogP contribution in [0, 0.1) is 5.92 Å². The number of anilines is 1. The summed E-state index contributed by atoms with van der Waals surface area (Å²) in [4.78, 5) is 64.4. The van der Waals surface area contributed by atoms with Crippen molar-refractivity contribution in [2.45, 2.75) is 116 Å². The van der Waals surface area contributed by atoms with Crippen molar-refractivity contribution < 1.29 is 38.1 Å². The number of piperazine rings is 1. The molecular weight excluding hydrogens is 959 g/mol. The second-order valence-electron chi connectivity index (χ2n) is 20.5. The zero-order chi connectivity index (χ0) is 52.7. The van der Waals surface area contributed by atoms with Crippen LogP contribution in [0.3, 0.4) is 0 Å². The van der Waals surface area contributed by atoms with Crippen LogP contribution in [0.2, 0.25) is 0 Å². The maximum Gasteiger partial charge on any atom is 0.329 e. The van der Waals surface area contributed by atoms with E-state index in [4.69, 9.17) is 39.5 Å². The topological polar surface area (TPSA) is 224 Å². The largest absolute Gasteiger partial charge is 0.461 e. The predicted molar refractivity (Wildman–Crippen MR) is 286 cm³/mol. The van der Waals surface area contributed by atoms with Crippen molar-refractivity contribution in [1.82, 2.24) is 44.0 Å². The van der Waals surface area contributed by atoms with Crippen LogP contribution in [0.15, 0.2) is 53.5 Å². The molecule has 5 aromatic rings. The number of imidazole rings is 1. The second kappa shape index (κ2) is 27.4. The molecule has 20 heteroatoms. The molecule has 2 atom stereocenters. The number of hydrogen-bond donors (Lipinski definition) is 3. The minimum Gasteiger partial charge on any atom is -0.461 e. The lowest BCUT2D eigenvalue weighted by Crippen LogP contribution is -2.46. The van der Waals surface area contributed by atoms with E-state index in [1.165, 1.54) is 10.1 Å². The number of hydrogen-bond acceptors (Lipinski definition) is 16. The molecule has 75 heavy (non-hydrogen) atoms. The van der Waals surface area contributed by atoms with Crippen LogP contribution in [0.4, 0.5) is 5.95 Å². The predicted octanol–water partition coefficient (Wildman–Crippen LogP) is 5.16. The van der Waals surface area contributed by atoms with Crippen molar-refractivity contribution in [3.63, 3.8) is 0 Å². The van der Waals surface area contributed by atoms with Gasteiger partial charge in [0.15, 0.2) is 5.65 Å². The van der Waals surface area contributed by atoms with Gasteiger partial charge in [-0.1, -0.05) is 57.5 Å². The molecule has 2 saturated heterocycles. The number of aryl methyl sites for hydroxylation is 2. The van der Waals surface area contributed by atoms with Crippen molar-refractivity contribution in [3.05, 3.63) is 70.3 Å². The first-order chi connectivity index (χ1) is 36.5. The summed E-state index contributed by atoms with van der Waals surface area (Å²) in [5, 5.41) is 11.9. The number of esters is 1. The molecule has 2 amide bonds. The molecule has 3 aromatic heterocycles. The number of aromatic nitrogens is 6. The maximum atomic E-state index is 13.0. The SMILES string of the molecule is CCCCNc1ncc2c(-c3ccc(CN4CCN(CCOCCOCCOCCOCCCc5ccc6c(c5)n(C)c(=O)n6C5CCC(=O)NC5=O)CC4)cc3)nn(C3CCC(OC(=O)[C@@H](N)C(C)C)CC3)c2n1.